The molecule has 0 aliphatic carbocycles. The van der Waals surface area contributed by atoms with Crippen LogP contribution < -0.4 is 10.4 Å². The maximum atomic E-state index is 12.4. The summed E-state index contributed by atoms with van der Waals surface area (Å²) in [6.07, 6.45) is 2.72. The van der Waals surface area contributed by atoms with Crippen molar-refractivity contribution < 1.29 is 19.1 Å². The SMILES string of the molecule is COc1cccc(/C=C/C(=O)c2c(O)c3ccc(Cl)cc3oc2=O)c1. The van der Waals surface area contributed by atoms with Gasteiger partial charge in [-0.1, -0.05) is 29.8 Å². The van der Waals surface area contributed by atoms with Crippen molar-refractivity contribution in [2.24, 2.45) is 0 Å². The number of benzene rings is 2. The van der Waals surface area contributed by atoms with Crippen molar-refractivity contribution >= 4 is 34.4 Å². The standard InChI is InChI=1S/C19H13ClO5/c1-24-13-4-2-3-11(9-13)5-8-15(21)17-18(22)14-7-6-12(20)10-16(14)25-19(17)23/h2-10,22H,1H3/b8-5+. The van der Waals surface area contributed by atoms with Crippen LogP contribution in [0.1, 0.15) is 15.9 Å². The summed E-state index contributed by atoms with van der Waals surface area (Å²) in [5, 5.41) is 10.9. The largest absolute Gasteiger partial charge is 0.506 e. The number of carbonyl (C=O) groups excluding carboxylic acids is 1. The second-order valence-electron chi connectivity index (χ2n) is 5.23. The van der Waals surface area contributed by atoms with Crippen LogP contribution in [0.2, 0.25) is 5.02 Å². The minimum atomic E-state index is -0.924. The van der Waals surface area contributed by atoms with Crippen molar-refractivity contribution in [2.75, 3.05) is 7.11 Å². The summed E-state index contributed by atoms with van der Waals surface area (Å²) in [7, 11) is 1.54. The number of hydrogen-bond acceptors (Lipinski definition) is 5. The number of ether oxygens (including phenoxy) is 1. The third-order valence-electron chi connectivity index (χ3n) is 3.61. The van der Waals surface area contributed by atoms with E-state index in [4.69, 9.17) is 20.8 Å². The molecule has 25 heavy (non-hydrogen) atoms. The van der Waals surface area contributed by atoms with Gasteiger partial charge >= 0.3 is 5.63 Å². The summed E-state index contributed by atoms with van der Waals surface area (Å²) in [5.74, 6) is -0.450. The van der Waals surface area contributed by atoms with Gasteiger partial charge in [-0.2, -0.15) is 0 Å². The summed E-state index contributed by atoms with van der Waals surface area (Å²) in [6, 6.07) is 11.5. The van der Waals surface area contributed by atoms with Crippen LogP contribution in [0.5, 0.6) is 11.5 Å². The Morgan fingerprint density at radius 1 is 1.24 bits per heavy atom. The van der Waals surface area contributed by atoms with Crippen LogP contribution in [0.15, 0.2) is 57.8 Å². The fourth-order valence-electron chi connectivity index (χ4n) is 2.38. The average Bonchev–Trinajstić information content (AvgIpc) is 2.59. The molecular formula is C19H13ClO5. The highest BCUT2D eigenvalue weighted by molar-refractivity contribution is 6.31. The smallest absolute Gasteiger partial charge is 0.351 e. The molecule has 0 fully saturated rings. The first-order chi connectivity index (χ1) is 12.0. The van der Waals surface area contributed by atoms with Gasteiger partial charge in [0.2, 0.25) is 0 Å². The van der Waals surface area contributed by atoms with Gasteiger partial charge in [-0.25, -0.2) is 4.79 Å². The monoisotopic (exact) mass is 356 g/mol. The van der Waals surface area contributed by atoms with E-state index in [1.165, 1.54) is 30.4 Å². The lowest BCUT2D eigenvalue weighted by molar-refractivity contribution is 0.104. The van der Waals surface area contributed by atoms with Gasteiger partial charge in [-0.15, -0.1) is 0 Å². The highest BCUT2D eigenvalue weighted by Crippen LogP contribution is 2.28. The molecule has 2 aromatic carbocycles. The number of rotatable bonds is 4. The van der Waals surface area contributed by atoms with Crippen LogP contribution in [0, 0.1) is 0 Å². The summed E-state index contributed by atoms with van der Waals surface area (Å²) < 4.78 is 10.2. The Morgan fingerprint density at radius 3 is 2.80 bits per heavy atom. The number of halogens is 1. The van der Waals surface area contributed by atoms with E-state index in [1.807, 2.05) is 0 Å². The molecule has 0 bridgehead atoms. The quantitative estimate of drug-likeness (QED) is 0.433. The first kappa shape index (κ1) is 16.8. The van der Waals surface area contributed by atoms with E-state index < -0.39 is 22.7 Å². The number of methoxy groups -OCH3 is 1. The molecule has 3 rings (SSSR count). The maximum Gasteiger partial charge on any atom is 0.351 e. The molecule has 0 radical (unpaired) electrons. The van der Waals surface area contributed by atoms with Crippen LogP contribution in [0.25, 0.3) is 17.0 Å². The van der Waals surface area contributed by atoms with E-state index in [1.54, 1.807) is 31.4 Å². The molecule has 0 saturated heterocycles. The Morgan fingerprint density at radius 2 is 2.04 bits per heavy atom. The molecule has 0 amide bonds. The number of hydrogen-bond donors (Lipinski definition) is 1. The molecule has 6 heteroatoms. The fourth-order valence-corrected chi connectivity index (χ4v) is 2.54. The van der Waals surface area contributed by atoms with Gasteiger partial charge in [-0.05, 0) is 35.9 Å². The van der Waals surface area contributed by atoms with Gasteiger partial charge in [-0.3, -0.25) is 4.79 Å². The Labute approximate surface area is 147 Å². The van der Waals surface area contributed by atoms with Crippen molar-refractivity contribution in [3.8, 4) is 11.5 Å². The van der Waals surface area contributed by atoms with Crippen molar-refractivity contribution in [3.05, 3.63) is 75.1 Å². The predicted molar refractivity (Wildman–Crippen MR) is 95.5 cm³/mol. The van der Waals surface area contributed by atoms with Crippen LogP contribution in [0.4, 0.5) is 0 Å². The average molecular weight is 357 g/mol. The number of fused-ring (bicyclic) bond motifs is 1. The van der Waals surface area contributed by atoms with Crippen LogP contribution >= 0.6 is 11.6 Å². The topological polar surface area (TPSA) is 76.7 Å². The molecule has 1 aromatic heterocycles. The van der Waals surface area contributed by atoms with E-state index in [2.05, 4.69) is 0 Å². The summed E-state index contributed by atoms with van der Waals surface area (Å²) >= 11 is 5.84. The van der Waals surface area contributed by atoms with Gasteiger partial charge in [0, 0.05) is 11.1 Å². The van der Waals surface area contributed by atoms with E-state index in [9.17, 15) is 14.7 Å². The highest BCUT2D eigenvalue weighted by Gasteiger charge is 2.19. The molecule has 0 atom stereocenters. The maximum absolute atomic E-state index is 12.4. The van der Waals surface area contributed by atoms with E-state index in [0.29, 0.717) is 16.3 Å². The third-order valence-corrected chi connectivity index (χ3v) is 3.84. The highest BCUT2D eigenvalue weighted by atomic mass is 35.5. The van der Waals surface area contributed by atoms with Crippen LogP contribution in [0.3, 0.4) is 0 Å². The zero-order chi connectivity index (χ0) is 18.0. The number of carbonyl (C=O) groups is 1. The molecule has 0 aliphatic rings. The molecule has 0 saturated carbocycles. The van der Waals surface area contributed by atoms with Crippen molar-refractivity contribution in [2.45, 2.75) is 0 Å². The normalized spacial score (nSPS) is 11.1. The molecule has 0 aliphatic heterocycles. The minimum absolute atomic E-state index is 0.114. The molecule has 126 valence electrons. The van der Waals surface area contributed by atoms with Crippen molar-refractivity contribution in [1.29, 1.82) is 0 Å². The zero-order valence-corrected chi connectivity index (χ0v) is 13.9. The number of allylic oxidation sites excluding steroid dienone is 1. The number of ketones is 1. The van der Waals surface area contributed by atoms with Gasteiger partial charge in [0.15, 0.2) is 5.78 Å². The Balaban J connectivity index is 2.00. The van der Waals surface area contributed by atoms with Crippen LogP contribution in [-0.4, -0.2) is 18.0 Å². The van der Waals surface area contributed by atoms with Gasteiger partial charge in [0.05, 0.1) is 12.5 Å². The third kappa shape index (κ3) is 3.41. The molecular weight excluding hydrogens is 344 g/mol. The lowest BCUT2D eigenvalue weighted by Gasteiger charge is -2.04. The summed E-state index contributed by atoms with van der Waals surface area (Å²) in [6.45, 7) is 0. The molecule has 0 unspecified atom stereocenters. The van der Waals surface area contributed by atoms with Gasteiger partial charge < -0.3 is 14.3 Å². The van der Waals surface area contributed by atoms with E-state index in [-0.39, 0.29) is 11.0 Å². The zero-order valence-electron chi connectivity index (χ0n) is 13.2. The predicted octanol–water partition coefficient (Wildman–Crippen LogP) is 4.06. The first-order valence-electron chi connectivity index (χ1n) is 7.31. The molecule has 0 spiro atoms. The molecule has 1 N–H and O–H groups in total. The van der Waals surface area contributed by atoms with Crippen molar-refractivity contribution in [3.63, 3.8) is 0 Å². The summed E-state index contributed by atoms with van der Waals surface area (Å²) in [4.78, 5) is 24.4. The summed E-state index contributed by atoms with van der Waals surface area (Å²) in [5.41, 5.74) is -0.519. The fraction of sp³-hybridized carbons (Fsp3) is 0.0526. The van der Waals surface area contributed by atoms with E-state index >= 15 is 0 Å². The van der Waals surface area contributed by atoms with Gasteiger partial charge in [0.25, 0.3) is 0 Å². The Hall–Kier alpha value is -3.05. The number of aromatic hydroxyl groups is 1. The van der Waals surface area contributed by atoms with Gasteiger partial charge in [0.1, 0.15) is 22.6 Å². The second-order valence-corrected chi connectivity index (χ2v) is 5.66. The first-order valence-corrected chi connectivity index (χ1v) is 7.69. The van der Waals surface area contributed by atoms with E-state index in [0.717, 1.165) is 0 Å². The second kappa shape index (κ2) is 6.83. The molecule has 3 aromatic rings. The van der Waals surface area contributed by atoms with Crippen LogP contribution in [-0.2, 0) is 0 Å². The Bertz CT molecular complexity index is 1050. The molecule has 1 heterocycles. The lowest BCUT2D eigenvalue weighted by Crippen LogP contribution is -2.12. The van der Waals surface area contributed by atoms with Crippen molar-refractivity contribution in [1.82, 2.24) is 0 Å². The lowest BCUT2D eigenvalue weighted by atomic mass is 10.1. The minimum Gasteiger partial charge on any atom is -0.506 e. The Kier molecular flexibility index (Phi) is 4.59. The molecule has 5 nitrogen and oxygen atoms in total.